The number of anilines is 1. The van der Waals surface area contributed by atoms with E-state index in [1.807, 2.05) is 0 Å². The highest BCUT2D eigenvalue weighted by atomic mass is 16.5. The van der Waals surface area contributed by atoms with Crippen molar-refractivity contribution in [2.24, 2.45) is 5.73 Å². The fraction of sp³-hybridized carbons (Fsp3) is 0.263. The van der Waals surface area contributed by atoms with Crippen LogP contribution in [-0.2, 0) is 16.1 Å². The Kier molecular flexibility index (Phi) is 4.88. The summed E-state index contributed by atoms with van der Waals surface area (Å²) in [5.74, 6) is -1.12. The van der Waals surface area contributed by atoms with E-state index in [1.54, 1.807) is 25.1 Å². The van der Waals surface area contributed by atoms with E-state index in [9.17, 15) is 19.2 Å². The van der Waals surface area contributed by atoms with Gasteiger partial charge in [-0.15, -0.1) is 0 Å². The fourth-order valence-corrected chi connectivity index (χ4v) is 3.51. The summed E-state index contributed by atoms with van der Waals surface area (Å²) >= 11 is 0. The Morgan fingerprint density at radius 3 is 2.90 bits per heavy atom. The number of nitrogens with zero attached hydrogens (tertiary/aromatic N) is 3. The van der Waals surface area contributed by atoms with Crippen molar-refractivity contribution in [3.8, 4) is 0 Å². The third kappa shape index (κ3) is 3.24. The van der Waals surface area contributed by atoms with Crippen LogP contribution in [0.4, 0.5) is 5.69 Å². The smallest absolute Gasteiger partial charge is 0.262 e. The molecule has 11 nitrogen and oxygen atoms in total. The van der Waals surface area contributed by atoms with E-state index in [0.717, 1.165) is 0 Å². The minimum absolute atomic E-state index is 0.0306. The number of nitrogens with two attached hydrogens (primary N) is 1. The number of fused-ring (bicyclic) bond motifs is 1. The van der Waals surface area contributed by atoms with Crippen LogP contribution in [0.2, 0.25) is 0 Å². The van der Waals surface area contributed by atoms with Gasteiger partial charge < -0.3 is 15.6 Å². The molecule has 11 heteroatoms. The van der Waals surface area contributed by atoms with Crippen LogP contribution in [0.15, 0.2) is 33.8 Å². The van der Waals surface area contributed by atoms with Crippen molar-refractivity contribution in [3.63, 3.8) is 0 Å². The molecule has 4 rings (SSSR count). The summed E-state index contributed by atoms with van der Waals surface area (Å²) in [5, 5.41) is 8.85. The molecule has 1 unspecified atom stereocenters. The van der Waals surface area contributed by atoms with Gasteiger partial charge in [0.05, 0.1) is 11.1 Å². The van der Waals surface area contributed by atoms with Gasteiger partial charge in [0, 0.05) is 13.0 Å². The molecule has 3 heterocycles. The molecule has 1 atom stereocenters. The van der Waals surface area contributed by atoms with E-state index in [4.69, 9.17) is 10.3 Å². The molecule has 154 valence electrons. The number of piperidine rings is 1. The lowest BCUT2D eigenvalue weighted by Crippen LogP contribution is -2.45. The third-order valence-electron chi connectivity index (χ3n) is 4.96. The SMILES string of the molecule is Cc1nc2c(NC(=O)c3conc3CN)cccc2c(=O)n1C1CCC(=O)NC1=O. The molecule has 0 bridgehead atoms. The van der Waals surface area contributed by atoms with Crippen LogP contribution in [0.1, 0.15) is 40.8 Å². The molecule has 1 aliphatic rings. The normalized spacial score (nSPS) is 16.5. The molecule has 0 radical (unpaired) electrons. The van der Waals surface area contributed by atoms with Crippen molar-refractivity contribution in [3.05, 3.63) is 51.9 Å². The van der Waals surface area contributed by atoms with Gasteiger partial charge in [0.2, 0.25) is 11.8 Å². The predicted octanol–water partition coefficient (Wildman–Crippen LogP) is 0.382. The first kappa shape index (κ1) is 19.5. The summed E-state index contributed by atoms with van der Waals surface area (Å²) in [5.41, 5.74) is 6.20. The van der Waals surface area contributed by atoms with Crippen molar-refractivity contribution in [1.82, 2.24) is 20.0 Å². The van der Waals surface area contributed by atoms with E-state index in [1.165, 1.54) is 10.8 Å². The zero-order valence-electron chi connectivity index (χ0n) is 16.0. The Hall–Kier alpha value is -3.86. The summed E-state index contributed by atoms with van der Waals surface area (Å²) < 4.78 is 6.08. The number of amides is 3. The number of imide groups is 1. The Bertz CT molecular complexity index is 1240. The first-order valence-corrected chi connectivity index (χ1v) is 9.21. The summed E-state index contributed by atoms with van der Waals surface area (Å²) in [4.78, 5) is 53.9. The Balaban J connectivity index is 1.76. The molecule has 3 amide bonds. The van der Waals surface area contributed by atoms with Gasteiger partial charge in [-0.1, -0.05) is 11.2 Å². The van der Waals surface area contributed by atoms with E-state index < -0.39 is 23.4 Å². The molecule has 2 aromatic heterocycles. The maximum absolute atomic E-state index is 13.1. The number of benzene rings is 1. The average Bonchev–Trinajstić information content (AvgIpc) is 3.19. The van der Waals surface area contributed by atoms with Gasteiger partial charge in [-0.05, 0) is 25.5 Å². The first-order valence-electron chi connectivity index (χ1n) is 9.21. The molecule has 0 aliphatic carbocycles. The molecule has 0 spiro atoms. The van der Waals surface area contributed by atoms with E-state index in [0.29, 0.717) is 11.4 Å². The number of nitrogens with one attached hydrogen (secondary N) is 2. The van der Waals surface area contributed by atoms with E-state index >= 15 is 0 Å². The van der Waals surface area contributed by atoms with Gasteiger partial charge in [-0.3, -0.25) is 29.1 Å². The van der Waals surface area contributed by atoms with Gasteiger partial charge in [0.25, 0.3) is 11.5 Å². The van der Waals surface area contributed by atoms with Crippen molar-refractivity contribution in [2.75, 3.05) is 5.32 Å². The molecule has 3 aromatic rings. The molecule has 1 saturated heterocycles. The van der Waals surface area contributed by atoms with Crippen LogP contribution in [0.25, 0.3) is 10.9 Å². The molecule has 1 aromatic carbocycles. The summed E-state index contributed by atoms with van der Waals surface area (Å²) in [6.45, 7) is 1.62. The third-order valence-corrected chi connectivity index (χ3v) is 4.96. The number of aryl methyl sites for hydroxylation is 1. The Morgan fingerprint density at radius 1 is 1.37 bits per heavy atom. The molecule has 1 fully saturated rings. The van der Waals surface area contributed by atoms with Crippen molar-refractivity contribution in [1.29, 1.82) is 0 Å². The van der Waals surface area contributed by atoms with Crippen molar-refractivity contribution >= 4 is 34.3 Å². The first-order chi connectivity index (χ1) is 14.4. The molecular formula is C19H18N6O5. The van der Waals surface area contributed by atoms with Gasteiger partial charge in [0.1, 0.15) is 34.9 Å². The van der Waals surface area contributed by atoms with Crippen LogP contribution < -0.4 is 21.9 Å². The standard InChI is InChI=1S/C19H18N6O5/c1-9-21-16-10(19(29)25(9)14-5-6-15(26)23-18(14)28)3-2-4-12(16)22-17(27)11-8-30-24-13(11)7-20/h2-4,8,14H,5-7,20H2,1H3,(H,22,27)(H,23,26,28). The monoisotopic (exact) mass is 410 g/mol. The second kappa shape index (κ2) is 7.52. The molecule has 0 saturated carbocycles. The predicted molar refractivity (Wildman–Crippen MR) is 105 cm³/mol. The highest BCUT2D eigenvalue weighted by Crippen LogP contribution is 2.24. The fourth-order valence-electron chi connectivity index (χ4n) is 3.51. The van der Waals surface area contributed by atoms with E-state index in [2.05, 4.69) is 20.8 Å². The van der Waals surface area contributed by atoms with Gasteiger partial charge in [-0.2, -0.15) is 0 Å². The lowest BCUT2D eigenvalue weighted by Gasteiger charge is -2.24. The number of para-hydroxylation sites is 1. The number of carbonyl (C=O) groups excluding carboxylic acids is 3. The lowest BCUT2D eigenvalue weighted by atomic mass is 10.1. The van der Waals surface area contributed by atoms with E-state index in [-0.39, 0.29) is 47.6 Å². The second-order valence-electron chi connectivity index (χ2n) is 6.84. The maximum atomic E-state index is 13.1. The highest BCUT2D eigenvalue weighted by molar-refractivity contribution is 6.08. The number of rotatable bonds is 4. The van der Waals surface area contributed by atoms with Crippen LogP contribution in [0.3, 0.4) is 0 Å². The largest absolute Gasteiger partial charge is 0.364 e. The Morgan fingerprint density at radius 2 is 2.17 bits per heavy atom. The minimum atomic E-state index is -0.825. The number of hydrogen-bond donors (Lipinski definition) is 3. The summed E-state index contributed by atoms with van der Waals surface area (Å²) in [7, 11) is 0. The quantitative estimate of drug-likeness (QED) is 0.520. The zero-order chi connectivity index (χ0) is 21.4. The highest BCUT2D eigenvalue weighted by Gasteiger charge is 2.30. The summed E-state index contributed by atoms with van der Waals surface area (Å²) in [6.07, 6.45) is 1.54. The minimum Gasteiger partial charge on any atom is -0.364 e. The van der Waals surface area contributed by atoms with Crippen LogP contribution in [0.5, 0.6) is 0 Å². The van der Waals surface area contributed by atoms with Crippen molar-refractivity contribution in [2.45, 2.75) is 32.4 Å². The molecule has 4 N–H and O–H groups in total. The maximum Gasteiger partial charge on any atom is 0.262 e. The lowest BCUT2D eigenvalue weighted by molar-refractivity contribution is -0.135. The molecular weight excluding hydrogens is 392 g/mol. The second-order valence-corrected chi connectivity index (χ2v) is 6.84. The van der Waals surface area contributed by atoms with Crippen LogP contribution in [0, 0.1) is 6.92 Å². The van der Waals surface area contributed by atoms with Crippen molar-refractivity contribution < 1.29 is 18.9 Å². The van der Waals surface area contributed by atoms with Gasteiger partial charge >= 0.3 is 0 Å². The van der Waals surface area contributed by atoms with Gasteiger partial charge in [0.15, 0.2) is 0 Å². The number of carbonyl (C=O) groups is 3. The van der Waals surface area contributed by atoms with Gasteiger partial charge in [-0.25, -0.2) is 4.98 Å². The number of hydrogen-bond acceptors (Lipinski definition) is 8. The molecule has 1 aliphatic heterocycles. The zero-order valence-corrected chi connectivity index (χ0v) is 16.0. The Labute approximate surface area is 169 Å². The molecule has 30 heavy (non-hydrogen) atoms. The van der Waals surface area contributed by atoms with Crippen LogP contribution in [-0.4, -0.2) is 32.4 Å². The topological polar surface area (TPSA) is 162 Å². The van der Waals surface area contributed by atoms with Crippen LogP contribution >= 0.6 is 0 Å². The summed E-state index contributed by atoms with van der Waals surface area (Å²) in [6, 6.07) is 3.95. The number of aromatic nitrogens is 3. The average molecular weight is 410 g/mol.